The van der Waals surface area contributed by atoms with Crippen LogP contribution >= 0.6 is 11.8 Å². The standard InChI is InChI=1S/C13H29NS/c1-5-8-12(4)10-13(11-15-7-3)14-9-6-2/h12-14H,5-11H2,1-4H3. The van der Waals surface area contributed by atoms with Gasteiger partial charge in [-0.2, -0.15) is 11.8 Å². The molecule has 0 saturated heterocycles. The smallest absolute Gasteiger partial charge is 0.0160 e. The second kappa shape index (κ2) is 10.8. The molecule has 0 aliphatic heterocycles. The van der Waals surface area contributed by atoms with E-state index in [1.807, 2.05) is 0 Å². The van der Waals surface area contributed by atoms with E-state index >= 15 is 0 Å². The first-order valence-corrected chi connectivity index (χ1v) is 7.71. The second-order valence-electron chi connectivity index (χ2n) is 4.44. The lowest BCUT2D eigenvalue weighted by molar-refractivity contribution is 0.404. The highest BCUT2D eigenvalue weighted by Gasteiger charge is 2.11. The average molecular weight is 231 g/mol. The molecule has 1 nitrogen and oxygen atoms in total. The minimum Gasteiger partial charge on any atom is -0.313 e. The van der Waals surface area contributed by atoms with Crippen molar-refractivity contribution in [1.82, 2.24) is 5.32 Å². The number of nitrogens with one attached hydrogen (secondary N) is 1. The molecule has 0 aliphatic carbocycles. The third-order valence-electron chi connectivity index (χ3n) is 2.67. The minimum absolute atomic E-state index is 0.733. The van der Waals surface area contributed by atoms with Crippen molar-refractivity contribution in [3.63, 3.8) is 0 Å². The van der Waals surface area contributed by atoms with Crippen LogP contribution in [0.4, 0.5) is 0 Å². The summed E-state index contributed by atoms with van der Waals surface area (Å²) in [6.45, 7) is 10.3. The Bertz CT molecular complexity index is 120. The third-order valence-corrected chi connectivity index (χ3v) is 3.72. The van der Waals surface area contributed by atoms with Gasteiger partial charge in [0.1, 0.15) is 0 Å². The Labute approximate surface area is 101 Å². The summed E-state index contributed by atoms with van der Waals surface area (Å²) in [4.78, 5) is 0. The first-order valence-electron chi connectivity index (χ1n) is 6.55. The number of hydrogen-bond donors (Lipinski definition) is 1. The maximum Gasteiger partial charge on any atom is 0.0160 e. The van der Waals surface area contributed by atoms with E-state index < -0.39 is 0 Å². The summed E-state index contributed by atoms with van der Waals surface area (Å²) in [5, 5.41) is 3.67. The molecule has 1 N–H and O–H groups in total. The first-order chi connectivity index (χ1) is 7.24. The van der Waals surface area contributed by atoms with Crippen molar-refractivity contribution in [3.8, 4) is 0 Å². The van der Waals surface area contributed by atoms with Crippen molar-refractivity contribution in [2.75, 3.05) is 18.1 Å². The van der Waals surface area contributed by atoms with E-state index in [1.165, 1.54) is 43.7 Å². The van der Waals surface area contributed by atoms with Crippen LogP contribution in [0.15, 0.2) is 0 Å². The SMILES string of the molecule is CCCNC(CSCC)CC(C)CCC. The van der Waals surface area contributed by atoms with Crippen LogP contribution in [0.25, 0.3) is 0 Å². The molecule has 2 unspecified atom stereocenters. The van der Waals surface area contributed by atoms with Crippen LogP contribution in [0.3, 0.4) is 0 Å². The Morgan fingerprint density at radius 2 is 1.87 bits per heavy atom. The molecule has 0 spiro atoms. The molecule has 0 bridgehead atoms. The Morgan fingerprint density at radius 1 is 1.13 bits per heavy atom. The van der Waals surface area contributed by atoms with Gasteiger partial charge >= 0.3 is 0 Å². The molecule has 0 rings (SSSR count). The predicted molar refractivity (Wildman–Crippen MR) is 73.8 cm³/mol. The molecule has 0 aromatic carbocycles. The Hall–Kier alpha value is 0.310. The molecular formula is C13H29NS. The lowest BCUT2D eigenvalue weighted by atomic mass is 9.98. The van der Waals surface area contributed by atoms with E-state index in [0.717, 1.165) is 12.0 Å². The summed E-state index contributed by atoms with van der Waals surface area (Å²) in [6, 6.07) is 0.733. The van der Waals surface area contributed by atoms with Crippen molar-refractivity contribution in [2.24, 2.45) is 5.92 Å². The zero-order valence-electron chi connectivity index (χ0n) is 11.0. The van der Waals surface area contributed by atoms with E-state index in [-0.39, 0.29) is 0 Å². The topological polar surface area (TPSA) is 12.0 Å². The van der Waals surface area contributed by atoms with Gasteiger partial charge in [0, 0.05) is 11.8 Å². The number of hydrogen-bond acceptors (Lipinski definition) is 2. The van der Waals surface area contributed by atoms with Gasteiger partial charge in [0.05, 0.1) is 0 Å². The van der Waals surface area contributed by atoms with Gasteiger partial charge < -0.3 is 5.32 Å². The van der Waals surface area contributed by atoms with Crippen molar-refractivity contribution in [3.05, 3.63) is 0 Å². The van der Waals surface area contributed by atoms with Gasteiger partial charge in [-0.1, -0.05) is 40.5 Å². The van der Waals surface area contributed by atoms with Gasteiger partial charge in [-0.05, 0) is 31.1 Å². The summed E-state index contributed by atoms with van der Waals surface area (Å²) >= 11 is 2.06. The molecule has 2 atom stereocenters. The fourth-order valence-electron chi connectivity index (χ4n) is 1.92. The van der Waals surface area contributed by atoms with Crippen LogP contribution in [-0.2, 0) is 0 Å². The maximum absolute atomic E-state index is 3.67. The predicted octanol–water partition coefficient (Wildman–Crippen LogP) is 3.93. The van der Waals surface area contributed by atoms with Gasteiger partial charge in [-0.15, -0.1) is 0 Å². The highest BCUT2D eigenvalue weighted by atomic mass is 32.2. The van der Waals surface area contributed by atoms with Gasteiger partial charge in [0.2, 0.25) is 0 Å². The number of rotatable bonds is 10. The zero-order valence-corrected chi connectivity index (χ0v) is 11.8. The van der Waals surface area contributed by atoms with Crippen LogP contribution in [-0.4, -0.2) is 24.1 Å². The Morgan fingerprint density at radius 3 is 2.40 bits per heavy atom. The quantitative estimate of drug-likeness (QED) is 0.611. The molecule has 0 heterocycles. The summed E-state index contributed by atoms with van der Waals surface area (Å²) in [5.41, 5.74) is 0. The number of thioether (sulfide) groups is 1. The first kappa shape index (κ1) is 15.3. The molecule has 0 saturated carbocycles. The normalized spacial score (nSPS) is 15.2. The minimum atomic E-state index is 0.733. The molecular weight excluding hydrogens is 202 g/mol. The van der Waals surface area contributed by atoms with Crippen molar-refractivity contribution in [2.45, 2.75) is 59.4 Å². The van der Waals surface area contributed by atoms with Crippen molar-refractivity contribution < 1.29 is 0 Å². The largest absolute Gasteiger partial charge is 0.313 e. The lowest BCUT2D eigenvalue weighted by Gasteiger charge is -2.21. The van der Waals surface area contributed by atoms with E-state index in [1.54, 1.807) is 0 Å². The van der Waals surface area contributed by atoms with Crippen LogP contribution in [0.1, 0.15) is 53.4 Å². The fraction of sp³-hybridized carbons (Fsp3) is 1.00. The van der Waals surface area contributed by atoms with E-state index in [2.05, 4.69) is 44.8 Å². The monoisotopic (exact) mass is 231 g/mol. The summed E-state index contributed by atoms with van der Waals surface area (Å²) in [6.07, 6.45) is 5.29. The highest BCUT2D eigenvalue weighted by Crippen LogP contribution is 2.15. The Kier molecular flexibility index (Phi) is 11.0. The molecule has 92 valence electrons. The van der Waals surface area contributed by atoms with E-state index in [9.17, 15) is 0 Å². The Balaban J connectivity index is 3.76. The van der Waals surface area contributed by atoms with E-state index in [0.29, 0.717) is 0 Å². The van der Waals surface area contributed by atoms with E-state index in [4.69, 9.17) is 0 Å². The molecule has 15 heavy (non-hydrogen) atoms. The summed E-state index contributed by atoms with van der Waals surface area (Å²) in [7, 11) is 0. The van der Waals surface area contributed by atoms with Crippen LogP contribution in [0.5, 0.6) is 0 Å². The van der Waals surface area contributed by atoms with Gasteiger partial charge in [0.15, 0.2) is 0 Å². The molecule has 0 aliphatic rings. The highest BCUT2D eigenvalue weighted by molar-refractivity contribution is 7.99. The maximum atomic E-state index is 3.67. The molecule has 0 fully saturated rings. The summed E-state index contributed by atoms with van der Waals surface area (Å²) in [5.74, 6) is 3.40. The molecule has 0 amide bonds. The van der Waals surface area contributed by atoms with Crippen molar-refractivity contribution in [1.29, 1.82) is 0 Å². The lowest BCUT2D eigenvalue weighted by Crippen LogP contribution is -2.33. The molecule has 0 radical (unpaired) electrons. The molecule has 0 aromatic heterocycles. The van der Waals surface area contributed by atoms with Crippen LogP contribution in [0.2, 0.25) is 0 Å². The summed E-state index contributed by atoms with van der Waals surface area (Å²) < 4.78 is 0. The fourth-order valence-corrected chi connectivity index (χ4v) is 2.69. The molecule has 0 aromatic rings. The van der Waals surface area contributed by atoms with Gasteiger partial charge in [-0.25, -0.2) is 0 Å². The second-order valence-corrected chi connectivity index (χ2v) is 5.76. The average Bonchev–Trinajstić information content (AvgIpc) is 2.22. The van der Waals surface area contributed by atoms with Gasteiger partial charge in [0.25, 0.3) is 0 Å². The third kappa shape index (κ3) is 9.25. The van der Waals surface area contributed by atoms with Gasteiger partial charge in [-0.3, -0.25) is 0 Å². The molecule has 2 heteroatoms. The van der Waals surface area contributed by atoms with Crippen LogP contribution < -0.4 is 5.32 Å². The zero-order chi connectivity index (χ0) is 11.5. The van der Waals surface area contributed by atoms with Crippen LogP contribution in [0, 0.1) is 5.92 Å². The van der Waals surface area contributed by atoms with Crippen molar-refractivity contribution >= 4 is 11.8 Å².